The van der Waals surface area contributed by atoms with Gasteiger partial charge in [-0.25, -0.2) is 0 Å². The number of amides is 1. The summed E-state index contributed by atoms with van der Waals surface area (Å²) < 4.78 is 5.60. The van der Waals surface area contributed by atoms with Gasteiger partial charge < -0.3 is 10.1 Å². The molecule has 0 bridgehead atoms. The zero-order valence-electron chi connectivity index (χ0n) is 14.8. The van der Waals surface area contributed by atoms with Crippen molar-refractivity contribution >= 4 is 17.5 Å². The molecule has 1 aromatic rings. The molecule has 1 aliphatic heterocycles. The highest BCUT2D eigenvalue weighted by atomic mass is 35.5. The molecule has 0 aromatic heterocycles. The molecule has 1 aromatic carbocycles. The van der Waals surface area contributed by atoms with Crippen molar-refractivity contribution in [2.75, 3.05) is 26.2 Å². The Bertz CT molecular complexity index is 507. The summed E-state index contributed by atoms with van der Waals surface area (Å²) >= 11 is 5.83. The number of carbonyl (C=O) groups excluding carboxylic acids is 1. The molecule has 1 saturated heterocycles. The molecule has 0 spiro atoms. The third-order valence-corrected chi connectivity index (χ3v) is 4.79. The Labute approximate surface area is 150 Å². The summed E-state index contributed by atoms with van der Waals surface area (Å²) in [4.78, 5) is 14.4. The van der Waals surface area contributed by atoms with Crippen LogP contribution in [0, 0.1) is 5.92 Å². The van der Waals surface area contributed by atoms with Crippen molar-refractivity contribution in [3.8, 4) is 5.75 Å². The van der Waals surface area contributed by atoms with Crippen molar-refractivity contribution in [1.29, 1.82) is 0 Å². The number of likely N-dealkylation sites (tertiary alicyclic amines) is 1. The molecule has 1 amide bonds. The maximum absolute atomic E-state index is 11.9. The predicted molar refractivity (Wildman–Crippen MR) is 98.6 cm³/mol. The van der Waals surface area contributed by atoms with Crippen molar-refractivity contribution in [2.45, 2.75) is 45.6 Å². The molecule has 2 unspecified atom stereocenters. The summed E-state index contributed by atoms with van der Waals surface area (Å²) in [6.07, 6.45) is 3.80. The molecule has 0 saturated carbocycles. The fourth-order valence-electron chi connectivity index (χ4n) is 3.06. The lowest BCUT2D eigenvalue weighted by molar-refractivity contribution is -0.121. The fourth-order valence-corrected chi connectivity index (χ4v) is 3.18. The van der Waals surface area contributed by atoms with Crippen LogP contribution in [0.4, 0.5) is 0 Å². The number of benzene rings is 1. The average molecular weight is 353 g/mol. The Morgan fingerprint density at radius 2 is 2.17 bits per heavy atom. The van der Waals surface area contributed by atoms with Gasteiger partial charge in [0, 0.05) is 30.6 Å². The molecule has 4 nitrogen and oxygen atoms in total. The van der Waals surface area contributed by atoms with Gasteiger partial charge in [0.25, 0.3) is 0 Å². The SMILES string of the molecule is CC1CCCN(C(C)CNC(=O)CCCOc2ccc(Cl)cc2)C1. The van der Waals surface area contributed by atoms with E-state index in [-0.39, 0.29) is 5.91 Å². The largest absolute Gasteiger partial charge is 0.494 e. The maximum Gasteiger partial charge on any atom is 0.220 e. The van der Waals surface area contributed by atoms with Crippen LogP contribution in [-0.2, 0) is 4.79 Å². The number of rotatable bonds is 8. The van der Waals surface area contributed by atoms with Gasteiger partial charge in [-0.15, -0.1) is 0 Å². The second-order valence-electron chi connectivity index (χ2n) is 6.80. The Balaban J connectivity index is 1.57. The lowest BCUT2D eigenvalue weighted by atomic mass is 9.99. The number of nitrogens with one attached hydrogen (secondary N) is 1. The number of hydrogen-bond acceptors (Lipinski definition) is 3. The summed E-state index contributed by atoms with van der Waals surface area (Å²) in [5.74, 6) is 1.65. The number of hydrogen-bond donors (Lipinski definition) is 1. The molecule has 1 fully saturated rings. The minimum absolute atomic E-state index is 0.103. The van der Waals surface area contributed by atoms with Crippen molar-refractivity contribution in [1.82, 2.24) is 10.2 Å². The first-order chi connectivity index (χ1) is 11.5. The number of ether oxygens (including phenoxy) is 1. The van der Waals surface area contributed by atoms with Crippen LogP contribution >= 0.6 is 11.6 Å². The molecule has 2 rings (SSSR count). The lowest BCUT2D eigenvalue weighted by Gasteiger charge is -2.35. The average Bonchev–Trinajstić information content (AvgIpc) is 2.58. The van der Waals surface area contributed by atoms with Gasteiger partial charge in [0.05, 0.1) is 6.61 Å². The van der Waals surface area contributed by atoms with Crippen LogP contribution < -0.4 is 10.1 Å². The van der Waals surface area contributed by atoms with Gasteiger partial charge in [-0.1, -0.05) is 18.5 Å². The van der Waals surface area contributed by atoms with E-state index in [1.165, 1.54) is 12.8 Å². The van der Waals surface area contributed by atoms with E-state index in [0.29, 0.717) is 30.5 Å². The first kappa shape index (κ1) is 19.1. The van der Waals surface area contributed by atoms with Gasteiger partial charge in [0.2, 0.25) is 5.91 Å². The quantitative estimate of drug-likeness (QED) is 0.725. The van der Waals surface area contributed by atoms with Gasteiger partial charge in [-0.3, -0.25) is 9.69 Å². The molecule has 1 heterocycles. The normalized spacial score (nSPS) is 19.7. The van der Waals surface area contributed by atoms with E-state index in [0.717, 1.165) is 31.3 Å². The number of halogens is 1. The minimum Gasteiger partial charge on any atom is -0.494 e. The third-order valence-electron chi connectivity index (χ3n) is 4.54. The lowest BCUT2D eigenvalue weighted by Crippen LogP contribution is -2.46. The van der Waals surface area contributed by atoms with E-state index in [9.17, 15) is 4.79 Å². The predicted octanol–water partition coefficient (Wildman–Crippen LogP) is 3.74. The second-order valence-corrected chi connectivity index (χ2v) is 7.24. The molecular weight excluding hydrogens is 324 g/mol. The molecule has 0 radical (unpaired) electrons. The van der Waals surface area contributed by atoms with E-state index in [2.05, 4.69) is 24.1 Å². The van der Waals surface area contributed by atoms with Crippen LogP contribution in [-0.4, -0.2) is 43.1 Å². The highest BCUT2D eigenvalue weighted by Gasteiger charge is 2.20. The Kier molecular flexibility index (Phi) is 7.86. The molecule has 1 N–H and O–H groups in total. The minimum atomic E-state index is 0.103. The number of nitrogens with zero attached hydrogens (tertiary/aromatic N) is 1. The Morgan fingerprint density at radius 3 is 2.88 bits per heavy atom. The zero-order valence-corrected chi connectivity index (χ0v) is 15.5. The van der Waals surface area contributed by atoms with Crippen LogP contribution in [0.5, 0.6) is 5.75 Å². The second kappa shape index (κ2) is 9.90. The summed E-state index contributed by atoms with van der Waals surface area (Å²) in [6.45, 7) is 8.06. The van der Waals surface area contributed by atoms with Crippen LogP contribution in [0.25, 0.3) is 0 Å². The highest BCUT2D eigenvalue weighted by Crippen LogP contribution is 2.17. The summed E-state index contributed by atoms with van der Waals surface area (Å²) in [5.41, 5.74) is 0. The Morgan fingerprint density at radius 1 is 1.42 bits per heavy atom. The summed E-state index contributed by atoms with van der Waals surface area (Å²) in [7, 11) is 0. The molecule has 5 heteroatoms. The first-order valence-electron chi connectivity index (χ1n) is 8.93. The van der Waals surface area contributed by atoms with Crippen LogP contribution in [0.3, 0.4) is 0 Å². The standard InChI is InChI=1S/C19H29ClN2O2/c1-15-5-3-11-22(14-15)16(2)13-21-19(23)6-4-12-24-18-9-7-17(20)8-10-18/h7-10,15-16H,3-6,11-14H2,1-2H3,(H,21,23). The van der Waals surface area contributed by atoms with Gasteiger partial charge in [-0.05, 0) is 62.9 Å². The first-order valence-corrected chi connectivity index (χ1v) is 9.31. The summed E-state index contributed by atoms with van der Waals surface area (Å²) in [5, 5.41) is 3.74. The fraction of sp³-hybridized carbons (Fsp3) is 0.632. The third kappa shape index (κ3) is 6.70. The molecule has 1 aliphatic rings. The van der Waals surface area contributed by atoms with Crippen molar-refractivity contribution in [3.63, 3.8) is 0 Å². The van der Waals surface area contributed by atoms with Crippen LogP contribution in [0.1, 0.15) is 39.5 Å². The van der Waals surface area contributed by atoms with Gasteiger partial charge in [-0.2, -0.15) is 0 Å². The monoisotopic (exact) mass is 352 g/mol. The van der Waals surface area contributed by atoms with Gasteiger partial charge in [0.15, 0.2) is 0 Å². The Hall–Kier alpha value is -1.26. The van der Waals surface area contributed by atoms with Crippen LogP contribution in [0.2, 0.25) is 5.02 Å². The van der Waals surface area contributed by atoms with Crippen molar-refractivity contribution < 1.29 is 9.53 Å². The van der Waals surface area contributed by atoms with E-state index < -0.39 is 0 Å². The van der Waals surface area contributed by atoms with Crippen molar-refractivity contribution in [2.24, 2.45) is 5.92 Å². The molecular formula is C19H29ClN2O2. The van der Waals surface area contributed by atoms with Crippen molar-refractivity contribution in [3.05, 3.63) is 29.3 Å². The summed E-state index contributed by atoms with van der Waals surface area (Å²) in [6, 6.07) is 7.67. The maximum atomic E-state index is 11.9. The number of carbonyl (C=O) groups is 1. The van der Waals surface area contributed by atoms with Crippen LogP contribution in [0.15, 0.2) is 24.3 Å². The molecule has 2 atom stereocenters. The zero-order chi connectivity index (χ0) is 17.4. The highest BCUT2D eigenvalue weighted by molar-refractivity contribution is 6.30. The van der Waals surface area contributed by atoms with E-state index in [4.69, 9.17) is 16.3 Å². The van der Waals surface area contributed by atoms with Gasteiger partial charge in [0.1, 0.15) is 5.75 Å². The van der Waals surface area contributed by atoms with E-state index in [1.54, 1.807) is 12.1 Å². The molecule has 0 aliphatic carbocycles. The number of piperidine rings is 1. The molecule has 24 heavy (non-hydrogen) atoms. The van der Waals surface area contributed by atoms with E-state index >= 15 is 0 Å². The topological polar surface area (TPSA) is 41.6 Å². The molecule has 134 valence electrons. The smallest absolute Gasteiger partial charge is 0.220 e. The van der Waals surface area contributed by atoms with Gasteiger partial charge >= 0.3 is 0 Å². The van der Waals surface area contributed by atoms with E-state index in [1.807, 2.05) is 12.1 Å².